The van der Waals surface area contributed by atoms with Gasteiger partial charge in [0.1, 0.15) is 12.2 Å². The Morgan fingerprint density at radius 2 is 1.44 bits per heavy atom. The highest BCUT2D eigenvalue weighted by Gasteiger charge is 2.17. The van der Waals surface area contributed by atoms with E-state index < -0.39 is 0 Å². The van der Waals surface area contributed by atoms with Crippen molar-refractivity contribution >= 4 is 23.0 Å². The number of phenols is 1. The standard InChI is InChI=1S/C19H20N4O2/c20-10-9-19(25)21-15-1-3-16(4-2-15)22-11-13-23(14-12-22)17-5-7-18(24)8-6-17/h1-8,24H,9,11-14H2,(H,21,25). The number of nitrogens with zero attached hydrogens (tertiary/aromatic N) is 3. The maximum Gasteiger partial charge on any atom is 0.238 e. The molecule has 25 heavy (non-hydrogen) atoms. The number of rotatable bonds is 4. The molecule has 1 heterocycles. The van der Waals surface area contributed by atoms with Crippen molar-refractivity contribution in [2.75, 3.05) is 41.3 Å². The van der Waals surface area contributed by atoms with E-state index in [-0.39, 0.29) is 18.1 Å². The summed E-state index contributed by atoms with van der Waals surface area (Å²) in [5.74, 6) is -0.0119. The molecule has 1 saturated heterocycles. The van der Waals surface area contributed by atoms with Gasteiger partial charge in [0, 0.05) is 43.2 Å². The van der Waals surface area contributed by atoms with Crippen LogP contribution in [0, 0.1) is 11.3 Å². The highest BCUT2D eigenvalue weighted by atomic mass is 16.3. The van der Waals surface area contributed by atoms with E-state index in [1.165, 1.54) is 0 Å². The first kappa shape index (κ1) is 16.7. The van der Waals surface area contributed by atoms with Gasteiger partial charge in [-0.25, -0.2) is 0 Å². The molecule has 0 spiro atoms. The van der Waals surface area contributed by atoms with Crippen LogP contribution in [0.4, 0.5) is 17.1 Å². The molecular weight excluding hydrogens is 316 g/mol. The highest BCUT2D eigenvalue weighted by molar-refractivity contribution is 5.92. The Balaban J connectivity index is 1.56. The van der Waals surface area contributed by atoms with E-state index in [0.29, 0.717) is 5.69 Å². The van der Waals surface area contributed by atoms with Crippen LogP contribution < -0.4 is 15.1 Å². The molecule has 0 unspecified atom stereocenters. The van der Waals surface area contributed by atoms with Crippen molar-refractivity contribution in [3.63, 3.8) is 0 Å². The number of piperazine rings is 1. The SMILES string of the molecule is N#CCC(=O)Nc1ccc(N2CCN(c3ccc(O)cc3)CC2)cc1. The Kier molecular flexibility index (Phi) is 5.05. The number of phenolic OH excluding ortho intramolecular Hbond substituents is 1. The molecule has 0 radical (unpaired) electrons. The van der Waals surface area contributed by atoms with Gasteiger partial charge < -0.3 is 20.2 Å². The quantitative estimate of drug-likeness (QED) is 0.897. The summed E-state index contributed by atoms with van der Waals surface area (Å²) in [6, 6.07) is 16.8. The Morgan fingerprint density at radius 1 is 0.960 bits per heavy atom. The lowest BCUT2D eigenvalue weighted by atomic mass is 10.2. The van der Waals surface area contributed by atoms with Crippen molar-refractivity contribution in [1.29, 1.82) is 5.26 Å². The first-order valence-corrected chi connectivity index (χ1v) is 8.21. The predicted octanol–water partition coefficient (Wildman–Crippen LogP) is 2.57. The third-order valence-electron chi connectivity index (χ3n) is 4.25. The molecule has 0 aliphatic carbocycles. The van der Waals surface area contributed by atoms with Gasteiger partial charge in [0.05, 0.1) is 6.07 Å². The Hall–Kier alpha value is -3.20. The number of amides is 1. The number of nitrogens with one attached hydrogen (secondary N) is 1. The van der Waals surface area contributed by atoms with Gasteiger partial charge in [0.25, 0.3) is 0 Å². The minimum Gasteiger partial charge on any atom is -0.508 e. The lowest BCUT2D eigenvalue weighted by Gasteiger charge is -2.37. The van der Waals surface area contributed by atoms with Crippen LogP contribution in [-0.4, -0.2) is 37.2 Å². The molecule has 2 aromatic carbocycles. The molecular formula is C19H20N4O2. The lowest BCUT2D eigenvalue weighted by molar-refractivity contribution is -0.115. The summed E-state index contributed by atoms with van der Waals surface area (Å²) in [6.45, 7) is 3.62. The molecule has 6 nitrogen and oxygen atoms in total. The molecule has 1 aliphatic rings. The summed E-state index contributed by atoms with van der Waals surface area (Å²) < 4.78 is 0. The summed E-state index contributed by atoms with van der Waals surface area (Å²) in [6.07, 6.45) is -0.138. The molecule has 1 aliphatic heterocycles. The van der Waals surface area contributed by atoms with Crippen molar-refractivity contribution < 1.29 is 9.90 Å². The number of carbonyl (C=O) groups excluding carboxylic acids is 1. The van der Waals surface area contributed by atoms with Crippen LogP contribution in [0.1, 0.15) is 6.42 Å². The molecule has 0 saturated carbocycles. The topological polar surface area (TPSA) is 79.6 Å². The number of benzene rings is 2. The van der Waals surface area contributed by atoms with Crippen molar-refractivity contribution in [1.82, 2.24) is 0 Å². The number of carbonyl (C=O) groups is 1. The van der Waals surface area contributed by atoms with Crippen molar-refractivity contribution in [2.24, 2.45) is 0 Å². The normalized spacial score (nSPS) is 14.0. The number of hydrogen-bond donors (Lipinski definition) is 2. The molecule has 2 aromatic rings. The summed E-state index contributed by atoms with van der Waals surface area (Å²) in [7, 11) is 0. The van der Waals surface area contributed by atoms with Gasteiger partial charge in [-0.05, 0) is 48.5 Å². The Morgan fingerprint density at radius 3 is 1.92 bits per heavy atom. The fourth-order valence-corrected chi connectivity index (χ4v) is 2.92. The van der Waals surface area contributed by atoms with Gasteiger partial charge in [0.2, 0.25) is 5.91 Å². The van der Waals surface area contributed by atoms with Crippen molar-refractivity contribution in [3.8, 4) is 11.8 Å². The summed E-state index contributed by atoms with van der Waals surface area (Å²) in [5, 5.41) is 20.6. The maximum absolute atomic E-state index is 11.4. The number of hydrogen-bond acceptors (Lipinski definition) is 5. The smallest absolute Gasteiger partial charge is 0.238 e. The van der Waals surface area contributed by atoms with Gasteiger partial charge in [0.15, 0.2) is 0 Å². The molecule has 0 aromatic heterocycles. The van der Waals surface area contributed by atoms with E-state index in [9.17, 15) is 9.90 Å². The average molecular weight is 336 g/mol. The first-order chi connectivity index (χ1) is 12.2. The lowest BCUT2D eigenvalue weighted by Crippen LogP contribution is -2.46. The fraction of sp³-hybridized carbons (Fsp3) is 0.263. The molecule has 128 valence electrons. The second-order valence-corrected chi connectivity index (χ2v) is 5.92. The highest BCUT2D eigenvalue weighted by Crippen LogP contribution is 2.23. The first-order valence-electron chi connectivity index (χ1n) is 8.21. The van der Waals surface area contributed by atoms with Gasteiger partial charge in [-0.2, -0.15) is 5.26 Å². The second kappa shape index (κ2) is 7.58. The van der Waals surface area contributed by atoms with Gasteiger partial charge in [-0.1, -0.05) is 0 Å². The van der Waals surface area contributed by atoms with E-state index in [4.69, 9.17) is 5.26 Å². The number of aromatic hydroxyl groups is 1. The minimum atomic E-state index is -0.294. The molecule has 3 rings (SSSR count). The Labute approximate surface area is 146 Å². The van der Waals surface area contributed by atoms with Crippen molar-refractivity contribution in [3.05, 3.63) is 48.5 Å². The van der Waals surface area contributed by atoms with Crippen LogP contribution >= 0.6 is 0 Å². The molecule has 1 amide bonds. The second-order valence-electron chi connectivity index (χ2n) is 5.92. The third kappa shape index (κ3) is 4.21. The van der Waals surface area contributed by atoms with Crippen molar-refractivity contribution in [2.45, 2.75) is 6.42 Å². The Bertz CT molecular complexity index is 758. The van der Waals surface area contributed by atoms with Gasteiger partial charge in [-0.3, -0.25) is 4.79 Å². The average Bonchev–Trinajstić information content (AvgIpc) is 2.63. The van der Waals surface area contributed by atoms with E-state index in [1.807, 2.05) is 42.5 Å². The van der Waals surface area contributed by atoms with Crippen LogP contribution in [0.3, 0.4) is 0 Å². The monoisotopic (exact) mass is 336 g/mol. The van der Waals surface area contributed by atoms with Crippen LogP contribution in [0.2, 0.25) is 0 Å². The largest absolute Gasteiger partial charge is 0.508 e. The maximum atomic E-state index is 11.4. The number of nitriles is 1. The summed E-state index contributed by atoms with van der Waals surface area (Å²) >= 11 is 0. The molecule has 0 bridgehead atoms. The van der Waals surface area contributed by atoms with E-state index in [1.54, 1.807) is 12.1 Å². The van der Waals surface area contributed by atoms with E-state index in [0.717, 1.165) is 37.6 Å². The molecule has 1 fully saturated rings. The zero-order valence-electron chi connectivity index (χ0n) is 13.9. The van der Waals surface area contributed by atoms with Crippen LogP contribution in [0.15, 0.2) is 48.5 Å². The predicted molar refractivity (Wildman–Crippen MR) is 97.8 cm³/mol. The van der Waals surface area contributed by atoms with Crippen LogP contribution in [0.5, 0.6) is 5.75 Å². The fourth-order valence-electron chi connectivity index (χ4n) is 2.92. The van der Waals surface area contributed by atoms with Gasteiger partial charge in [-0.15, -0.1) is 0 Å². The van der Waals surface area contributed by atoms with E-state index >= 15 is 0 Å². The van der Waals surface area contributed by atoms with Gasteiger partial charge >= 0.3 is 0 Å². The summed E-state index contributed by atoms with van der Waals surface area (Å²) in [5.41, 5.74) is 2.93. The zero-order valence-corrected chi connectivity index (χ0v) is 13.9. The van der Waals surface area contributed by atoms with Crippen LogP contribution in [0.25, 0.3) is 0 Å². The van der Waals surface area contributed by atoms with E-state index in [2.05, 4.69) is 15.1 Å². The molecule has 2 N–H and O–H groups in total. The zero-order chi connectivity index (χ0) is 17.6. The summed E-state index contributed by atoms with van der Waals surface area (Å²) in [4.78, 5) is 16.0. The van der Waals surface area contributed by atoms with Crippen LogP contribution in [-0.2, 0) is 4.79 Å². The molecule has 0 atom stereocenters. The minimum absolute atomic E-state index is 0.138. The molecule has 6 heteroatoms. The number of anilines is 3. The third-order valence-corrected chi connectivity index (χ3v) is 4.25.